The first kappa shape index (κ1) is 23.5. The second-order valence-corrected chi connectivity index (χ2v) is 10.6. The molecular weight excluding hydrogens is 442 g/mol. The Morgan fingerprint density at radius 2 is 1.77 bits per heavy atom. The van der Waals surface area contributed by atoms with Gasteiger partial charge in [-0.1, -0.05) is 6.07 Å². The van der Waals surface area contributed by atoms with E-state index in [2.05, 4.69) is 40.3 Å². The Bertz CT molecular complexity index is 1190. The van der Waals surface area contributed by atoms with Crippen LogP contribution in [0.4, 0.5) is 10.5 Å². The standard InChI is InChI=1S/C26H35N7O2/c1-26(2,3)35-25(34)32-10-8-20(9-11-32)33-18-19(16-28-33)22-17-27-21-6-5-7-23(24(21)29-22)31-14-12-30(4)13-15-31/h5-7,16-18,20H,8-15H2,1-4H3. The first-order valence-corrected chi connectivity index (χ1v) is 12.5. The van der Waals surface area contributed by atoms with Gasteiger partial charge < -0.3 is 19.4 Å². The molecule has 0 saturated carbocycles. The third-order valence-corrected chi connectivity index (χ3v) is 6.78. The van der Waals surface area contributed by atoms with E-state index in [1.54, 1.807) is 4.90 Å². The minimum atomic E-state index is -0.476. The van der Waals surface area contributed by atoms with Crippen molar-refractivity contribution in [3.05, 3.63) is 36.8 Å². The molecule has 5 rings (SSSR count). The van der Waals surface area contributed by atoms with Gasteiger partial charge in [0, 0.05) is 51.0 Å². The average molecular weight is 478 g/mol. The third-order valence-electron chi connectivity index (χ3n) is 6.78. The zero-order chi connectivity index (χ0) is 24.6. The highest BCUT2D eigenvalue weighted by Gasteiger charge is 2.28. The summed E-state index contributed by atoms with van der Waals surface area (Å²) in [7, 11) is 2.16. The van der Waals surface area contributed by atoms with Crippen molar-refractivity contribution in [3.8, 4) is 11.3 Å². The van der Waals surface area contributed by atoms with Crippen LogP contribution in [0.15, 0.2) is 36.8 Å². The van der Waals surface area contributed by atoms with Crippen LogP contribution in [0.25, 0.3) is 22.3 Å². The molecule has 3 aromatic rings. The van der Waals surface area contributed by atoms with E-state index in [1.165, 1.54) is 0 Å². The van der Waals surface area contributed by atoms with Gasteiger partial charge in [-0.05, 0) is 52.8 Å². The number of benzene rings is 1. The second kappa shape index (κ2) is 9.45. The number of para-hydroxylation sites is 1. The van der Waals surface area contributed by atoms with Gasteiger partial charge in [0.1, 0.15) is 11.1 Å². The molecule has 4 heterocycles. The number of carbonyl (C=O) groups is 1. The van der Waals surface area contributed by atoms with E-state index in [0.29, 0.717) is 13.1 Å². The van der Waals surface area contributed by atoms with Gasteiger partial charge in [0.15, 0.2) is 0 Å². The van der Waals surface area contributed by atoms with Crippen LogP contribution in [0, 0.1) is 0 Å². The number of likely N-dealkylation sites (N-methyl/N-ethyl adjacent to an activating group) is 1. The monoisotopic (exact) mass is 477 g/mol. The van der Waals surface area contributed by atoms with E-state index >= 15 is 0 Å². The molecule has 2 aliphatic heterocycles. The van der Waals surface area contributed by atoms with Gasteiger partial charge in [-0.15, -0.1) is 0 Å². The van der Waals surface area contributed by atoms with Crippen molar-refractivity contribution in [2.45, 2.75) is 45.3 Å². The zero-order valence-corrected chi connectivity index (χ0v) is 21.1. The fourth-order valence-electron chi connectivity index (χ4n) is 4.77. The number of nitrogens with zero attached hydrogens (tertiary/aromatic N) is 7. The molecule has 2 saturated heterocycles. The fraction of sp³-hybridized carbons (Fsp3) is 0.538. The number of fused-ring (bicyclic) bond motifs is 1. The first-order valence-electron chi connectivity index (χ1n) is 12.5. The number of piperidine rings is 1. The average Bonchev–Trinajstić information content (AvgIpc) is 3.33. The predicted molar refractivity (Wildman–Crippen MR) is 137 cm³/mol. The van der Waals surface area contributed by atoms with Gasteiger partial charge in [-0.2, -0.15) is 5.10 Å². The largest absolute Gasteiger partial charge is 0.444 e. The van der Waals surface area contributed by atoms with E-state index < -0.39 is 5.60 Å². The minimum absolute atomic E-state index is 0.236. The second-order valence-electron chi connectivity index (χ2n) is 10.6. The summed E-state index contributed by atoms with van der Waals surface area (Å²) in [5.41, 5.74) is 4.31. The van der Waals surface area contributed by atoms with Crippen LogP contribution in [0.3, 0.4) is 0 Å². The smallest absolute Gasteiger partial charge is 0.410 e. The van der Waals surface area contributed by atoms with Crippen LogP contribution in [0.2, 0.25) is 0 Å². The summed E-state index contributed by atoms with van der Waals surface area (Å²) in [5, 5.41) is 4.64. The highest BCUT2D eigenvalue weighted by atomic mass is 16.6. The maximum atomic E-state index is 12.4. The van der Waals surface area contributed by atoms with Crippen molar-refractivity contribution in [2.75, 3.05) is 51.2 Å². The molecule has 1 aromatic carbocycles. The Balaban J connectivity index is 1.31. The number of amides is 1. The van der Waals surface area contributed by atoms with Crippen molar-refractivity contribution in [2.24, 2.45) is 0 Å². The van der Waals surface area contributed by atoms with Gasteiger partial charge in [0.05, 0.1) is 35.3 Å². The number of ether oxygens (including phenoxy) is 1. The van der Waals surface area contributed by atoms with E-state index in [0.717, 1.165) is 67.0 Å². The van der Waals surface area contributed by atoms with Crippen molar-refractivity contribution in [3.63, 3.8) is 0 Å². The molecule has 0 bridgehead atoms. The Labute approximate surface area is 206 Å². The number of rotatable bonds is 3. The van der Waals surface area contributed by atoms with Crippen molar-refractivity contribution in [1.82, 2.24) is 29.5 Å². The number of piperazine rings is 1. The fourth-order valence-corrected chi connectivity index (χ4v) is 4.77. The highest BCUT2D eigenvalue weighted by molar-refractivity contribution is 5.89. The van der Waals surface area contributed by atoms with Crippen LogP contribution in [-0.4, -0.2) is 87.6 Å². The SMILES string of the molecule is CN1CCN(c2cccc3ncc(-c4cnn(C5CCN(C(=O)OC(C)(C)C)CC5)c4)nc23)CC1. The van der Waals surface area contributed by atoms with E-state index in [1.807, 2.05) is 43.9 Å². The summed E-state index contributed by atoms with van der Waals surface area (Å²) >= 11 is 0. The molecule has 9 heteroatoms. The summed E-state index contributed by atoms with van der Waals surface area (Å²) in [4.78, 5) is 28.7. The minimum Gasteiger partial charge on any atom is -0.444 e. The Hall–Kier alpha value is -3.20. The molecule has 186 valence electrons. The van der Waals surface area contributed by atoms with Crippen LogP contribution in [0.1, 0.15) is 39.7 Å². The number of aromatic nitrogens is 4. The number of carbonyl (C=O) groups excluding carboxylic acids is 1. The lowest BCUT2D eigenvalue weighted by Gasteiger charge is -2.34. The topological polar surface area (TPSA) is 79.6 Å². The molecule has 0 N–H and O–H groups in total. The van der Waals surface area contributed by atoms with E-state index in [4.69, 9.17) is 14.7 Å². The summed E-state index contributed by atoms with van der Waals surface area (Å²) in [5.74, 6) is 0. The third kappa shape index (κ3) is 5.24. The lowest BCUT2D eigenvalue weighted by Crippen LogP contribution is -2.44. The quantitative estimate of drug-likeness (QED) is 0.567. The number of anilines is 1. The molecule has 35 heavy (non-hydrogen) atoms. The molecule has 2 aliphatic rings. The Kier molecular flexibility index (Phi) is 6.35. The molecule has 9 nitrogen and oxygen atoms in total. The highest BCUT2D eigenvalue weighted by Crippen LogP contribution is 2.29. The molecule has 1 amide bonds. The van der Waals surface area contributed by atoms with Crippen molar-refractivity contribution < 1.29 is 9.53 Å². The van der Waals surface area contributed by atoms with Gasteiger partial charge in [-0.3, -0.25) is 9.67 Å². The summed E-state index contributed by atoms with van der Waals surface area (Å²) in [6.45, 7) is 11.1. The molecule has 0 aliphatic carbocycles. The molecule has 0 unspecified atom stereocenters. The predicted octanol–water partition coefficient (Wildman–Crippen LogP) is 3.82. The van der Waals surface area contributed by atoms with Crippen LogP contribution < -0.4 is 4.90 Å². The molecule has 0 radical (unpaired) electrons. The van der Waals surface area contributed by atoms with Gasteiger partial charge in [0.25, 0.3) is 0 Å². The Morgan fingerprint density at radius 3 is 2.49 bits per heavy atom. The molecule has 0 atom stereocenters. The number of hydrogen-bond acceptors (Lipinski definition) is 7. The summed E-state index contributed by atoms with van der Waals surface area (Å²) in [6.07, 6.45) is 7.22. The maximum absolute atomic E-state index is 12.4. The van der Waals surface area contributed by atoms with Crippen LogP contribution in [-0.2, 0) is 4.74 Å². The summed E-state index contributed by atoms with van der Waals surface area (Å²) < 4.78 is 7.53. The lowest BCUT2D eigenvalue weighted by molar-refractivity contribution is 0.0185. The molecule has 2 aromatic heterocycles. The molecule has 2 fully saturated rings. The lowest BCUT2D eigenvalue weighted by atomic mass is 10.1. The van der Waals surface area contributed by atoms with Crippen molar-refractivity contribution in [1.29, 1.82) is 0 Å². The van der Waals surface area contributed by atoms with E-state index in [9.17, 15) is 4.79 Å². The zero-order valence-electron chi connectivity index (χ0n) is 21.1. The Morgan fingerprint density at radius 1 is 1.03 bits per heavy atom. The van der Waals surface area contributed by atoms with Gasteiger partial charge >= 0.3 is 6.09 Å². The summed E-state index contributed by atoms with van der Waals surface area (Å²) in [6, 6.07) is 6.48. The van der Waals surface area contributed by atoms with Gasteiger partial charge in [0.2, 0.25) is 0 Å². The van der Waals surface area contributed by atoms with Gasteiger partial charge in [-0.25, -0.2) is 9.78 Å². The number of likely N-dealkylation sites (tertiary alicyclic amines) is 1. The normalized spacial score (nSPS) is 18.3. The molecular formula is C26H35N7O2. The van der Waals surface area contributed by atoms with Crippen molar-refractivity contribution >= 4 is 22.8 Å². The van der Waals surface area contributed by atoms with E-state index in [-0.39, 0.29) is 12.1 Å². The number of hydrogen-bond donors (Lipinski definition) is 0. The maximum Gasteiger partial charge on any atom is 0.410 e. The van der Waals surface area contributed by atoms with Crippen LogP contribution >= 0.6 is 0 Å². The molecule has 0 spiro atoms. The first-order chi connectivity index (χ1) is 16.8. The van der Waals surface area contributed by atoms with Crippen LogP contribution in [0.5, 0.6) is 0 Å².